The molecule has 26 heavy (non-hydrogen) atoms. The molecule has 0 bridgehead atoms. The molecule has 1 atom stereocenters. The van der Waals surface area contributed by atoms with E-state index in [9.17, 15) is 9.59 Å². The molecule has 5 nitrogen and oxygen atoms in total. The van der Waals surface area contributed by atoms with E-state index in [2.05, 4.69) is 36.1 Å². The zero-order valence-electron chi connectivity index (χ0n) is 15.8. The van der Waals surface area contributed by atoms with Crippen molar-refractivity contribution in [3.05, 3.63) is 35.4 Å². The van der Waals surface area contributed by atoms with Crippen LogP contribution in [0.15, 0.2) is 24.3 Å². The van der Waals surface area contributed by atoms with Gasteiger partial charge >= 0.3 is 0 Å². The fraction of sp³-hybridized carbons (Fsp3) is 0.619. The van der Waals surface area contributed by atoms with Crippen LogP contribution in [0.5, 0.6) is 0 Å². The fourth-order valence-corrected chi connectivity index (χ4v) is 4.25. The molecule has 0 radical (unpaired) electrons. The van der Waals surface area contributed by atoms with Crippen LogP contribution in [-0.2, 0) is 9.59 Å². The molecule has 2 amide bonds. The van der Waals surface area contributed by atoms with Gasteiger partial charge in [0.2, 0.25) is 11.8 Å². The summed E-state index contributed by atoms with van der Waals surface area (Å²) in [5.41, 5.74) is 8.02. The van der Waals surface area contributed by atoms with E-state index >= 15 is 0 Å². The Morgan fingerprint density at radius 2 is 1.92 bits per heavy atom. The van der Waals surface area contributed by atoms with Gasteiger partial charge in [-0.1, -0.05) is 29.8 Å². The number of carbonyl (C=O) groups excluding carboxylic acids is 2. The quantitative estimate of drug-likeness (QED) is 0.879. The number of likely N-dealkylation sites (tertiary alicyclic amines) is 2. The molecular weight excluding hydrogens is 326 g/mol. The number of benzene rings is 1. The summed E-state index contributed by atoms with van der Waals surface area (Å²) in [7, 11) is 0. The van der Waals surface area contributed by atoms with Gasteiger partial charge in [0.15, 0.2) is 0 Å². The molecule has 1 aromatic rings. The highest BCUT2D eigenvalue weighted by molar-refractivity contribution is 5.77. The summed E-state index contributed by atoms with van der Waals surface area (Å²) in [5.74, 6) is 0.550. The minimum absolute atomic E-state index is 0.0131. The van der Waals surface area contributed by atoms with E-state index in [0.29, 0.717) is 12.3 Å². The summed E-state index contributed by atoms with van der Waals surface area (Å²) >= 11 is 0. The molecule has 1 aromatic carbocycles. The second-order valence-corrected chi connectivity index (χ2v) is 7.86. The first-order valence-electron chi connectivity index (χ1n) is 9.89. The summed E-state index contributed by atoms with van der Waals surface area (Å²) in [6.07, 6.45) is 4.45. The summed E-state index contributed by atoms with van der Waals surface area (Å²) in [6.45, 7) is 6.36. The molecule has 0 spiro atoms. The summed E-state index contributed by atoms with van der Waals surface area (Å²) in [6, 6.07) is 8.67. The first-order chi connectivity index (χ1) is 12.5. The summed E-state index contributed by atoms with van der Waals surface area (Å²) < 4.78 is 0. The molecule has 2 fully saturated rings. The SMILES string of the molecule is Cc1cccc(C2CCCN(C(=O)CCN3CCC(C(N)=O)CC3)C2)c1. The molecule has 2 heterocycles. The van der Waals surface area contributed by atoms with Crippen molar-refractivity contribution >= 4 is 11.8 Å². The van der Waals surface area contributed by atoms with E-state index < -0.39 is 0 Å². The van der Waals surface area contributed by atoms with E-state index in [1.54, 1.807) is 0 Å². The smallest absolute Gasteiger partial charge is 0.223 e. The lowest BCUT2D eigenvalue weighted by molar-refractivity contribution is -0.133. The summed E-state index contributed by atoms with van der Waals surface area (Å²) in [5, 5.41) is 0. The maximum atomic E-state index is 12.7. The first-order valence-corrected chi connectivity index (χ1v) is 9.89. The molecule has 0 aliphatic carbocycles. The second-order valence-electron chi connectivity index (χ2n) is 7.86. The molecule has 0 saturated carbocycles. The number of carbonyl (C=O) groups is 2. The molecule has 142 valence electrons. The van der Waals surface area contributed by atoms with Crippen LogP contribution in [0.25, 0.3) is 0 Å². The largest absolute Gasteiger partial charge is 0.369 e. The average molecular weight is 357 g/mol. The zero-order chi connectivity index (χ0) is 18.5. The Morgan fingerprint density at radius 3 is 2.62 bits per heavy atom. The standard InChI is InChI=1S/C21H31N3O2/c1-16-4-2-5-18(14-16)19-6-3-10-24(15-19)20(25)9-13-23-11-7-17(8-12-23)21(22)26/h2,4-5,14,17,19H,3,6-13,15H2,1H3,(H2,22,26). The van der Waals surface area contributed by atoms with Crippen LogP contribution in [0.2, 0.25) is 0 Å². The van der Waals surface area contributed by atoms with E-state index in [-0.39, 0.29) is 17.7 Å². The number of amides is 2. The highest BCUT2D eigenvalue weighted by atomic mass is 16.2. The van der Waals surface area contributed by atoms with Crippen LogP contribution < -0.4 is 5.73 Å². The van der Waals surface area contributed by atoms with Crippen LogP contribution in [0.1, 0.15) is 49.1 Å². The Kier molecular flexibility index (Phi) is 6.30. The number of hydrogen-bond acceptors (Lipinski definition) is 3. The Hall–Kier alpha value is -1.88. The molecule has 2 aliphatic heterocycles. The molecule has 2 N–H and O–H groups in total. The van der Waals surface area contributed by atoms with Crippen LogP contribution in [0, 0.1) is 12.8 Å². The lowest BCUT2D eigenvalue weighted by Gasteiger charge is -2.34. The maximum absolute atomic E-state index is 12.7. The number of hydrogen-bond donors (Lipinski definition) is 1. The molecule has 0 aromatic heterocycles. The van der Waals surface area contributed by atoms with Gasteiger partial charge in [-0.05, 0) is 51.3 Å². The van der Waals surface area contributed by atoms with Crippen molar-refractivity contribution in [3.8, 4) is 0 Å². The van der Waals surface area contributed by atoms with Crippen molar-refractivity contribution < 1.29 is 9.59 Å². The van der Waals surface area contributed by atoms with Crippen molar-refractivity contribution in [1.82, 2.24) is 9.80 Å². The molecule has 1 unspecified atom stereocenters. The number of rotatable bonds is 5. The lowest BCUT2D eigenvalue weighted by atomic mass is 9.89. The number of aryl methyl sites for hydroxylation is 1. The highest BCUT2D eigenvalue weighted by Gasteiger charge is 2.26. The predicted molar refractivity (Wildman–Crippen MR) is 103 cm³/mol. The molecule has 3 rings (SSSR count). The normalized spacial score (nSPS) is 22.3. The molecule has 2 saturated heterocycles. The van der Waals surface area contributed by atoms with Gasteiger partial charge in [-0.15, -0.1) is 0 Å². The Bertz CT molecular complexity index is 638. The monoisotopic (exact) mass is 357 g/mol. The van der Waals surface area contributed by atoms with Gasteiger partial charge in [-0.25, -0.2) is 0 Å². The average Bonchev–Trinajstić information content (AvgIpc) is 2.66. The molecule has 5 heteroatoms. The minimum atomic E-state index is -0.184. The third-order valence-electron chi connectivity index (χ3n) is 5.92. The number of primary amides is 1. The van der Waals surface area contributed by atoms with Gasteiger partial charge in [0, 0.05) is 37.9 Å². The van der Waals surface area contributed by atoms with Crippen molar-refractivity contribution in [3.63, 3.8) is 0 Å². The van der Waals surface area contributed by atoms with E-state index in [1.807, 2.05) is 4.90 Å². The van der Waals surface area contributed by atoms with Gasteiger partial charge in [-0.2, -0.15) is 0 Å². The number of nitrogens with two attached hydrogens (primary N) is 1. The van der Waals surface area contributed by atoms with Gasteiger partial charge in [0.25, 0.3) is 0 Å². The van der Waals surface area contributed by atoms with Crippen molar-refractivity contribution in [1.29, 1.82) is 0 Å². The fourth-order valence-electron chi connectivity index (χ4n) is 4.25. The minimum Gasteiger partial charge on any atom is -0.369 e. The van der Waals surface area contributed by atoms with Gasteiger partial charge in [0.1, 0.15) is 0 Å². The van der Waals surface area contributed by atoms with Crippen molar-refractivity contribution in [2.75, 3.05) is 32.7 Å². The maximum Gasteiger partial charge on any atom is 0.223 e. The number of piperidine rings is 2. The third-order valence-corrected chi connectivity index (χ3v) is 5.92. The van der Waals surface area contributed by atoms with Crippen LogP contribution >= 0.6 is 0 Å². The number of nitrogens with zero attached hydrogens (tertiary/aromatic N) is 2. The lowest BCUT2D eigenvalue weighted by Crippen LogP contribution is -2.42. The van der Waals surface area contributed by atoms with Crippen LogP contribution in [0.4, 0.5) is 0 Å². The highest BCUT2D eigenvalue weighted by Crippen LogP contribution is 2.28. The van der Waals surface area contributed by atoms with E-state index in [0.717, 1.165) is 58.4 Å². The molecular formula is C21H31N3O2. The Labute approximate surface area is 156 Å². The van der Waals surface area contributed by atoms with Crippen LogP contribution in [-0.4, -0.2) is 54.3 Å². The third kappa shape index (κ3) is 4.85. The van der Waals surface area contributed by atoms with Gasteiger partial charge in [-0.3, -0.25) is 9.59 Å². The van der Waals surface area contributed by atoms with Crippen LogP contribution in [0.3, 0.4) is 0 Å². The van der Waals surface area contributed by atoms with E-state index in [1.165, 1.54) is 11.1 Å². The zero-order valence-corrected chi connectivity index (χ0v) is 15.8. The summed E-state index contributed by atoms with van der Waals surface area (Å²) in [4.78, 5) is 28.3. The Balaban J connectivity index is 1.47. The van der Waals surface area contributed by atoms with Gasteiger partial charge in [0.05, 0.1) is 0 Å². The van der Waals surface area contributed by atoms with E-state index in [4.69, 9.17) is 5.73 Å². The topological polar surface area (TPSA) is 66.6 Å². The second kappa shape index (κ2) is 8.67. The van der Waals surface area contributed by atoms with Crippen molar-refractivity contribution in [2.45, 2.75) is 44.9 Å². The Morgan fingerprint density at radius 1 is 1.15 bits per heavy atom. The van der Waals surface area contributed by atoms with Crippen molar-refractivity contribution in [2.24, 2.45) is 11.7 Å². The predicted octanol–water partition coefficient (Wildman–Crippen LogP) is 2.29. The van der Waals surface area contributed by atoms with Gasteiger partial charge < -0.3 is 15.5 Å². The first kappa shape index (κ1) is 18.9. The molecule has 2 aliphatic rings.